The Morgan fingerprint density at radius 1 is 1.07 bits per heavy atom. The Morgan fingerprint density at radius 3 is 2.21 bits per heavy atom. The van der Waals surface area contributed by atoms with Gasteiger partial charge in [0.1, 0.15) is 0 Å². The second kappa shape index (κ2) is 10.3. The number of hydrogen-bond acceptors (Lipinski definition) is 4. The van der Waals surface area contributed by atoms with E-state index in [1.807, 2.05) is 54.6 Å². The number of aliphatic carboxylic acids is 1. The van der Waals surface area contributed by atoms with Crippen molar-refractivity contribution in [1.29, 1.82) is 0 Å². The van der Waals surface area contributed by atoms with E-state index in [9.17, 15) is 14.7 Å². The number of methoxy groups -OCH3 is 1. The number of benzene rings is 2. The van der Waals surface area contributed by atoms with E-state index in [-0.39, 0.29) is 19.8 Å². The van der Waals surface area contributed by atoms with Crippen LogP contribution in [0.15, 0.2) is 54.6 Å². The molecule has 0 unspecified atom stereocenters. The van der Waals surface area contributed by atoms with Gasteiger partial charge in [0, 0.05) is 0 Å². The first-order chi connectivity index (χ1) is 13.7. The number of alkyl carbamates (subject to hydrolysis) is 1. The molecule has 0 spiro atoms. The number of carboxylic acid groups (broad SMARTS) is 1. The zero-order valence-electron chi connectivity index (χ0n) is 17.0. The molecule has 6 nitrogen and oxygen atoms in total. The van der Waals surface area contributed by atoms with Gasteiger partial charge in [-0.05, 0) is 0 Å². The fourth-order valence-electron chi connectivity index (χ4n) is 2.64. The predicted octanol–water partition coefficient (Wildman–Crippen LogP) is 3.62. The molecule has 0 fully saturated rings. The number of ether oxygens (including phenoxy) is 2. The molecule has 0 aliphatic rings. The van der Waals surface area contributed by atoms with E-state index in [2.05, 4.69) is 5.32 Å². The Balaban J connectivity index is 2.22. The third-order valence-corrected chi connectivity index (χ3v) is 6.90. The molecule has 2 rings (SSSR count). The van der Waals surface area contributed by atoms with Crippen molar-refractivity contribution in [2.75, 3.05) is 7.11 Å². The van der Waals surface area contributed by atoms with Crippen molar-refractivity contribution >= 4 is 27.0 Å². The van der Waals surface area contributed by atoms with Gasteiger partial charge in [-0.25, -0.2) is 0 Å². The summed E-state index contributed by atoms with van der Waals surface area (Å²) in [5.74, 6) is -0.308. The predicted molar refractivity (Wildman–Crippen MR) is 112 cm³/mol. The Hall–Kier alpha value is -2.50. The van der Waals surface area contributed by atoms with Gasteiger partial charge in [-0.15, -0.1) is 0 Å². The summed E-state index contributed by atoms with van der Waals surface area (Å²) in [4.78, 5) is 23.9. The van der Waals surface area contributed by atoms with Crippen LogP contribution in [-0.4, -0.2) is 50.9 Å². The van der Waals surface area contributed by atoms with Crippen LogP contribution in [0.5, 0.6) is 5.75 Å². The van der Waals surface area contributed by atoms with Gasteiger partial charge in [-0.2, -0.15) is 0 Å². The van der Waals surface area contributed by atoms with Crippen molar-refractivity contribution in [3.05, 3.63) is 65.7 Å². The molecule has 7 heteroatoms. The average molecular weight is 464 g/mol. The van der Waals surface area contributed by atoms with Crippen LogP contribution in [-0.2, 0) is 14.9 Å². The summed E-state index contributed by atoms with van der Waals surface area (Å²) in [6, 6.07) is 16.1. The zero-order chi connectivity index (χ0) is 21.4. The summed E-state index contributed by atoms with van der Waals surface area (Å²) in [7, 11) is 1.62. The number of amides is 1. The van der Waals surface area contributed by atoms with E-state index < -0.39 is 23.7 Å². The SMILES string of the molecule is COc1ccc(C[Se][C@H](c2ccccc2)[C@H](NC(=O)OC(C)(C)C)C(=O)O)cc1. The van der Waals surface area contributed by atoms with Crippen molar-refractivity contribution in [1.82, 2.24) is 5.32 Å². The van der Waals surface area contributed by atoms with Gasteiger partial charge in [0.2, 0.25) is 0 Å². The number of carboxylic acids is 1. The molecule has 0 saturated heterocycles. The number of carbonyl (C=O) groups excluding carboxylic acids is 1. The third-order valence-electron chi connectivity index (χ3n) is 3.96. The van der Waals surface area contributed by atoms with E-state index in [1.54, 1.807) is 27.9 Å². The van der Waals surface area contributed by atoms with Gasteiger partial charge in [0.25, 0.3) is 0 Å². The van der Waals surface area contributed by atoms with E-state index in [4.69, 9.17) is 9.47 Å². The van der Waals surface area contributed by atoms with Crippen molar-refractivity contribution in [2.24, 2.45) is 0 Å². The average Bonchev–Trinajstić information content (AvgIpc) is 2.67. The van der Waals surface area contributed by atoms with Crippen molar-refractivity contribution < 1.29 is 24.2 Å². The molecule has 2 N–H and O–H groups in total. The van der Waals surface area contributed by atoms with E-state index >= 15 is 0 Å². The number of carbonyl (C=O) groups is 2. The van der Waals surface area contributed by atoms with Crippen LogP contribution in [0.4, 0.5) is 4.79 Å². The van der Waals surface area contributed by atoms with Gasteiger partial charge in [0.15, 0.2) is 0 Å². The minimum atomic E-state index is -1.08. The molecule has 0 bridgehead atoms. The molecule has 0 heterocycles. The van der Waals surface area contributed by atoms with Gasteiger partial charge in [0.05, 0.1) is 0 Å². The van der Waals surface area contributed by atoms with E-state index in [0.29, 0.717) is 0 Å². The molecule has 2 aromatic carbocycles. The Labute approximate surface area is 177 Å². The van der Waals surface area contributed by atoms with Crippen LogP contribution in [0.25, 0.3) is 0 Å². The summed E-state index contributed by atoms with van der Waals surface area (Å²) < 4.78 is 10.5. The van der Waals surface area contributed by atoms with Crippen molar-refractivity contribution in [2.45, 2.75) is 42.5 Å². The molecule has 0 aliphatic heterocycles. The fraction of sp³-hybridized carbons (Fsp3) is 0.364. The van der Waals surface area contributed by atoms with Crippen molar-refractivity contribution in [3.8, 4) is 5.75 Å². The quantitative estimate of drug-likeness (QED) is 0.583. The fourth-order valence-corrected chi connectivity index (χ4v) is 5.35. The molecule has 0 aliphatic carbocycles. The topological polar surface area (TPSA) is 84.9 Å². The Bertz CT molecular complexity index is 802. The van der Waals surface area contributed by atoms with E-state index in [1.165, 1.54) is 0 Å². The van der Waals surface area contributed by atoms with Gasteiger partial charge in [-0.3, -0.25) is 0 Å². The molecule has 2 aromatic rings. The van der Waals surface area contributed by atoms with Crippen LogP contribution >= 0.6 is 0 Å². The first kappa shape index (κ1) is 22.8. The van der Waals surface area contributed by atoms with Gasteiger partial charge >= 0.3 is 178 Å². The van der Waals surface area contributed by atoms with Crippen molar-refractivity contribution in [3.63, 3.8) is 0 Å². The second-order valence-corrected chi connectivity index (χ2v) is 9.82. The first-order valence-electron chi connectivity index (χ1n) is 9.21. The number of rotatable bonds is 8. The van der Waals surface area contributed by atoms with Crippen LogP contribution < -0.4 is 10.1 Å². The zero-order valence-corrected chi connectivity index (χ0v) is 18.8. The normalized spacial score (nSPS) is 13.2. The molecule has 156 valence electrons. The first-order valence-corrected chi connectivity index (χ1v) is 11.4. The molecule has 29 heavy (non-hydrogen) atoms. The Kier molecular flexibility index (Phi) is 8.11. The molecular weight excluding hydrogens is 437 g/mol. The van der Waals surface area contributed by atoms with Crippen LogP contribution in [0.3, 0.4) is 0 Å². The van der Waals surface area contributed by atoms with Gasteiger partial charge in [-0.1, -0.05) is 0 Å². The van der Waals surface area contributed by atoms with E-state index in [0.717, 1.165) is 22.2 Å². The van der Waals surface area contributed by atoms with Crippen LogP contribution in [0, 0.1) is 0 Å². The maximum atomic E-state index is 12.3. The summed E-state index contributed by atoms with van der Waals surface area (Å²) in [5, 5.41) is 13.1. The molecule has 0 aromatic heterocycles. The standard InChI is InChI=1S/C22H27NO5Se/c1-22(2,3)28-21(26)23-18(20(24)25)19(16-8-6-5-7-9-16)29-14-15-10-12-17(27-4)13-11-15/h5-13,18-19H,14H2,1-4H3,(H,23,26)(H,24,25)/t18-,19+/m0/s1. The van der Waals surface area contributed by atoms with Gasteiger partial charge < -0.3 is 0 Å². The van der Waals surface area contributed by atoms with Crippen LogP contribution in [0.2, 0.25) is 0 Å². The minimum absolute atomic E-state index is 0.131. The van der Waals surface area contributed by atoms with Crippen LogP contribution in [0.1, 0.15) is 36.7 Å². The maximum absolute atomic E-state index is 12.3. The molecule has 1 amide bonds. The molecule has 2 atom stereocenters. The second-order valence-electron chi connectivity index (χ2n) is 7.45. The summed E-state index contributed by atoms with van der Waals surface area (Å²) in [6.45, 7) is 5.22. The number of hydrogen-bond donors (Lipinski definition) is 2. The summed E-state index contributed by atoms with van der Waals surface area (Å²) in [6.07, 6.45) is -0.730. The molecule has 0 saturated carbocycles. The monoisotopic (exact) mass is 465 g/mol. The Morgan fingerprint density at radius 2 is 1.69 bits per heavy atom. The molecular formula is C22H27NO5Se. The molecule has 0 radical (unpaired) electrons. The number of nitrogens with one attached hydrogen (secondary N) is 1. The summed E-state index contributed by atoms with van der Waals surface area (Å²) in [5.41, 5.74) is 1.27. The third kappa shape index (κ3) is 7.44. The summed E-state index contributed by atoms with van der Waals surface area (Å²) >= 11 is -0.131.